The third-order valence-corrected chi connectivity index (χ3v) is 2.90. The van der Waals surface area contributed by atoms with Crippen LogP contribution in [0.4, 0.5) is 0 Å². The van der Waals surface area contributed by atoms with Crippen molar-refractivity contribution in [2.75, 3.05) is 6.61 Å². The number of rotatable bonds is 3. The van der Waals surface area contributed by atoms with E-state index in [1.54, 1.807) is 0 Å². The van der Waals surface area contributed by atoms with Gasteiger partial charge in [-0.25, -0.2) is 0 Å². The highest BCUT2D eigenvalue weighted by Gasteiger charge is 2.09. The smallest absolute Gasteiger partial charge is 0.119 e. The van der Waals surface area contributed by atoms with Crippen molar-refractivity contribution in [3.8, 4) is 5.75 Å². The van der Waals surface area contributed by atoms with Crippen molar-refractivity contribution in [1.82, 2.24) is 0 Å². The molecule has 0 saturated carbocycles. The third kappa shape index (κ3) is 2.74. The maximum Gasteiger partial charge on any atom is 0.119 e. The summed E-state index contributed by atoms with van der Waals surface area (Å²) in [5.74, 6) is 1.64. The lowest BCUT2D eigenvalue weighted by molar-refractivity contribution is 0.270. The lowest BCUT2D eigenvalue weighted by atomic mass is 9.92. The lowest BCUT2D eigenvalue weighted by Crippen LogP contribution is -2.06. The van der Waals surface area contributed by atoms with Gasteiger partial charge < -0.3 is 4.74 Å². The van der Waals surface area contributed by atoms with E-state index in [1.807, 2.05) is 0 Å². The SMILES string of the molecule is CC(C)COc1ccc2c(c1)CCCC2. The molecule has 0 bridgehead atoms. The second-order valence-electron chi connectivity index (χ2n) is 4.84. The van der Waals surface area contributed by atoms with Gasteiger partial charge in [0.1, 0.15) is 5.75 Å². The Bertz CT molecular complexity index is 328. The largest absolute Gasteiger partial charge is 0.493 e. The minimum atomic E-state index is 0.598. The highest BCUT2D eigenvalue weighted by molar-refractivity contribution is 5.37. The Morgan fingerprint density at radius 2 is 1.87 bits per heavy atom. The lowest BCUT2D eigenvalue weighted by Gasteiger charge is -2.17. The first-order valence-corrected chi connectivity index (χ1v) is 6.00. The molecule has 15 heavy (non-hydrogen) atoms. The van der Waals surface area contributed by atoms with Crippen LogP contribution >= 0.6 is 0 Å². The number of benzene rings is 1. The van der Waals surface area contributed by atoms with Crippen molar-refractivity contribution < 1.29 is 4.74 Å². The molecule has 1 nitrogen and oxygen atoms in total. The Labute approximate surface area is 92.5 Å². The number of fused-ring (bicyclic) bond motifs is 1. The predicted molar refractivity (Wildman–Crippen MR) is 63.4 cm³/mol. The molecule has 0 heterocycles. The molecular formula is C14H20O. The van der Waals surface area contributed by atoms with Crippen LogP contribution in [0.5, 0.6) is 5.75 Å². The van der Waals surface area contributed by atoms with E-state index < -0.39 is 0 Å². The third-order valence-electron chi connectivity index (χ3n) is 2.90. The summed E-state index contributed by atoms with van der Waals surface area (Å²) in [4.78, 5) is 0. The molecule has 82 valence electrons. The van der Waals surface area contributed by atoms with Crippen LogP contribution in [0.15, 0.2) is 18.2 Å². The maximum atomic E-state index is 5.73. The first kappa shape index (κ1) is 10.5. The van der Waals surface area contributed by atoms with Gasteiger partial charge in [0.2, 0.25) is 0 Å². The molecule has 0 saturated heterocycles. The van der Waals surface area contributed by atoms with Gasteiger partial charge in [-0.15, -0.1) is 0 Å². The molecule has 0 spiro atoms. The monoisotopic (exact) mass is 204 g/mol. The standard InChI is InChI=1S/C14H20O/c1-11(2)10-15-14-8-7-12-5-3-4-6-13(12)9-14/h7-9,11H,3-6,10H2,1-2H3. The van der Waals surface area contributed by atoms with E-state index in [1.165, 1.54) is 36.8 Å². The topological polar surface area (TPSA) is 9.23 Å². The highest BCUT2D eigenvalue weighted by atomic mass is 16.5. The Balaban J connectivity index is 2.07. The van der Waals surface area contributed by atoms with Crippen molar-refractivity contribution in [3.05, 3.63) is 29.3 Å². The highest BCUT2D eigenvalue weighted by Crippen LogP contribution is 2.25. The average Bonchev–Trinajstić information content (AvgIpc) is 2.26. The fraction of sp³-hybridized carbons (Fsp3) is 0.571. The van der Waals surface area contributed by atoms with Crippen molar-refractivity contribution in [2.24, 2.45) is 5.92 Å². The van der Waals surface area contributed by atoms with Gasteiger partial charge in [-0.05, 0) is 54.9 Å². The Kier molecular flexibility index (Phi) is 3.30. The normalized spacial score (nSPS) is 15.1. The molecule has 0 aromatic heterocycles. The van der Waals surface area contributed by atoms with Crippen LogP contribution in [0.3, 0.4) is 0 Å². The van der Waals surface area contributed by atoms with E-state index in [9.17, 15) is 0 Å². The molecular weight excluding hydrogens is 184 g/mol. The fourth-order valence-corrected chi connectivity index (χ4v) is 2.06. The summed E-state index contributed by atoms with van der Waals surface area (Å²) in [7, 11) is 0. The molecule has 0 unspecified atom stereocenters. The zero-order valence-electron chi connectivity index (χ0n) is 9.75. The summed E-state index contributed by atoms with van der Waals surface area (Å²) in [6.45, 7) is 5.18. The summed E-state index contributed by atoms with van der Waals surface area (Å²) < 4.78 is 5.73. The first-order valence-electron chi connectivity index (χ1n) is 6.00. The minimum Gasteiger partial charge on any atom is -0.493 e. The predicted octanol–water partition coefficient (Wildman–Crippen LogP) is 3.60. The van der Waals surface area contributed by atoms with Crippen LogP contribution in [0.25, 0.3) is 0 Å². The molecule has 0 atom stereocenters. The molecule has 0 radical (unpaired) electrons. The Morgan fingerprint density at radius 3 is 2.60 bits per heavy atom. The first-order chi connectivity index (χ1) is 7.25. The minimum absolute atomic E-state index is 0.598. The van der Waals surface area contributed by atoms with Crippen LogP contribution in [0.2, 0.25) is 0 Å². The van der Waals surface area contributed by atoms with Gasteiger partial charge in [-0.1, -0.05) is 19.9 Å². The summed E-state index contributed by atoms with van der Waals surface area (Å²) in [5.41, 5.74) is 3.03. The molecule has 0 amide bonds. The summed E-state index contributed by atoms with van der Waals surface area (Å²) in [5, 5.41) is 0. The Morgan fingerprint density at radius 1 is 1.13 bits per heavy atom. The quantitative estimate of drug-likeness (QED) is 0.731. The van der Waals surface area contributed by atoms with Crippen LogP contribution in [0, 0.1) is 5.92 Å². The van der Waals surface area contributed by atoms with Gasteiger partial charge in [-0.3, -0.25) is 0 Å². The van der Waals surface area contributed by atoms with E-state index in [-0.39, 0.29) is 0 Å². The zero-order valence-corrected chi connectivity index (χ0v) is 9.75. The van der Waals surface area contributed by atoms with Gasteiger partial charge in [0.05, 0.1) is 6.61 Å². The van der Waals surface area contributed by atoms with E-state index >= 15 is 0 Å². The number of hydrogen-bond donors (Lipinski definition) is 0. The van der Waals surface area contributed by atoms with Crippen molar-refractivity contribution in [3.63, 3.8) is 0 Å². The van der Waals surface area contributed by atoms with Crippen LogP contribution in [0.1, 0.15) is 37.8 Å². The maximum absolute atomic E-state index is 5.73. The second-order valence-corrected chi connectivity index (χ2v) is 4.84. The van der Waals surface area contributed by atoms with Gasteiger partial charge in [0.15, 0.2) is 0 Å². The number of ether oxygens (including phenoxy) is 1. The van der Waals surface area contributed by atoms with Crippen molar-refractivity contribution >= 4 is 0 Å². The van der Waals surface area contributed by atoms with Crippen molar-refractivity contribution in [1.29, 1.82) is 0 Å². The van der Waals surface area contributed by atoms with Crippen LogP contribution < -0.4 is 4.74 Å². The Hall–Kier alpha value is -0.980. The van der Waals surface area contributed by atoms with E-state index in [0.29, 0.717) is 5.92 Å². The molecule has 2 rings (SSSR count). The number of aryl methyl sites for hydroxylation is 2. The molecule has 1 aliphatic carbocycles. The molecule has 1 aliphatic rings. The molecule has 1 heteroatoms. The van der Waals surface area contributed by atoms with Crippen molar-refractivity contribution in [2.45, 2.75) is 39.5 Å². The summed E-state index contributed by atoms with van der Waals surface area (Å²) in [6.07, 6.45) is 5.16. The van der Waals surface area contributed by atoms with E-state index in [2.05, 4.69) is 32.0 Å². The van der Waals surface area contributed by atoms with E-state index in [4.69, 9.17) is 4.74 Å². The molecule has 1 aromatic rings. The number of hydrogen-bond acceptors (Lipinski definition) is 1. The zero-order chi connectivity index (χ0) is 10.7. The van der Waals surface area contributed by atoms with Gasteiger partial charge in [-0.2, -0.15) is 0 Å². The van der Waals surface area contributed by atoms with E-state index in [0.717, 1.165) is 12.4 Å². The molecule has 0 fully saturated rings. The molecule has 1 aromatic carbocycles. The van der Waals surface area contributed by atoms with Gasteiger partial charge in [0.25, 0.3) is 0 Å². The molecule has 0 N–H and O–H groups in total. The van der Waals surface area contributed by atoms with Crippen LogP contribution in [-0.2, 0) is 12.8 Å². The fourth-order valence-electron chi connectivity index (χ4n) is 2.06. The summed E-state index contributed by atoms with van der Waals surface area (Å²) in [6, 6.07) is 6.59. The van der Waals surface area contributed by atoms with Crippen LogP contribution in [-0.4, -0.2) is 6.61 Å². The van der Waals surface area contributed by atoms with Gasteiger partial charge >= 0.3 is 0 Å². The second kappa shape index (κ2) is 4.69. The van der Waals surface area contributed by atoms with Gasteiger partial charge in [0, 0.05) is 0 Å². The summed E-state index contributed by atoms with van der Waals surface area (Å²) >= 11 is 0. The average molecular weight is 204 g/mol. The molecule has 0 aliphatic heterocycles.